The van der Waals surface area contributed by atoms with E-state index in [9.17, 15) is 4.79 Å². The Morgan fingerprint density at radius 3 is 3.00 bits per heavy atom. The van der Waals surface area contributed by atoms with Crippen LogP contribution < -0.4 is 15.4 Å². The van der Waals surface area contributed by atoms with Gasteiger partial charge in [-0.3, -0.25) is 4.79 Å². The van der Waals surface area contributed by atoms with Crippen molar-refractivity contribution in [2.45, 2.75) is 6.10 Å². The quantitative estimate of drug-likeness (QED) is 0.667. The highest BCUT2D eigenvalue weighted by molar-refractivity contribution is 5.77. The number of hydrogen-bond acceptors (Lipinski definition) is 5. The summed E-state index contributed by atoms with van der Waals surface area (Å²) in [6, 6.07) is 9.56. The van der Waals surface area contributed by atoms with Gasteiger partial charge in [0.25, 0.3) is 0 Å². The van der Waals surface area contributed by atoms with Crippen LogP contribution in [0.1, 0.15) is 0 Å². The number of carbonyl (C=O) groups excluding carboxylic acids is 1. The Kier molecular flexibility index (Phi) is 7.15. The van der Waals surface area contributed by atoms with E-state index < -0.39 is 0 Å². The van der Waals surface area contributed by atoms with Gasteiger partial charge in [-0.15, -0.1) is 0 Å². The zero-order valence-corrected chi connectivity index (χ0v) is 13.1. The highest BCUT2D eigenvalue weighted by Gasteiger charge is 2.17. The second-order valence-electron chi connectivity index (χ2n) is 5.40. The standard InChI is InChI=1S/C16H25N3O3/c1-19-8-10-22-15(13-19)11-17-12-16(20)18-7-9-21-14-5-3-2-4-6-14/h2-6,15,17H,7-13H2,1H3,(H,18,20). The molecule has 1 heterocycles. The van der Waals surface area contributed by atoms with Gasteiger partial charge in [-0.1, -0.05) is 18.2 Å². The van der Waals surface area contributed by atoms with Gasteiger partial charge in [-0.2, -0.15) is 0 Å². The van der Waals surface area contributed by atoms with Gasteiger partial charge >= 0.3 is 0 Å². The van der Waals surface area contributed by atoms with E-state index in [2.05, 4.69) is 22.6 Å². The third kappa shape index (κ3) is 6.43. The molecule has 0 aromatic heterocycles. The lowest BCUT2D eigenvalue weighted by atomic mass is 10.3. The first-order chi connectivity index (χ1) is 10.7. The average Bonchev–Trinajstić information content (AvgIpc) is 2.53. The Morgan fingerprint density at radius 2 is 2.23 bits per heavy atom. The molecule has 6 nitrogen and oxygen atoms in total. The van der Waals surface area contributed by atoms with E-state index in [4.69, 9.17) is 9.47 Å². The zero-order chi connectivity index (χ0) is 15.6. The lowest BCUT2D eigenvalue weighted by molar-refractivity contribution is -0.120. The smallest absolute Gasteiger partial charge is 0.234 e. The molecule has 1 aromatic carbocycles. The summed E-state index contributed by atoms with van der Waals surface area (Å²) in [5, 5.41) is 5.95. The molecule has 2 N–H and O–H groups in total. The van der Waals surface area contributed by atoms with Crippen LogP contribution in [0, 0.1) is 0 Å². The Bertz CT molecular complexity index is 442. The molecule has 6 heteroatoms. The largest absolute Gasteiger partial charge is 0.492 e. The minimum Gasteiger partial charge on any atom is -0.492 e. The van der Waals surface area contributed by atoms with Gasteiger partial charge in [0.1, 0.15) is 12.4 Å². The topological polar surface area (TPSA) is 62.8 Å². The van der Waals surface area contributed by atoms with E-state index in [1.54, 1.807) is 0 Å². The number of rotatable bonds is 8. The molecule has 2 rings (SSSR count). The van der Waals surface area contributed by atoms with Crippen LogP contribution >= 0.6 is 0 Å². The lowest BCUT2D eigenvalue weighted by Gasteiger charge is -2.30. The number of amides is 1. The van der Waals surface area contributed by atoms with E-state index in [0.29, 0.717) is 26.2 Å². The number of ether oxygens (including phenoxy) is 2. The van der Waals surface area contributed by atoms with Crippen LogP contribution in [0.4, 0.5) is 0 Å². The van der Waals surface area contributed by atoms with Crippen LogP contribution in [0.15, 0.2) is 30.3 Å². The van der Waals surface area contributed by atoms with Crippen LogP contribution in [0.25, 0.3) is 0 Å². The number of carbonyl (C=O) groups is 1. The van der Waals surface area contributed by atoms with Gasteiger partial charge in [0, 0.05) is 19.6 Å². The van der Waals surface area contributed by atoms with Crippen molar-refractivity contribution in [1.82, 2.24) is 15.5 Å². The van der Waals surface area contributed by atoms with Crippen molar-refractivity contribution in [1.29, 1.82) is 0 Å². The maximum atomic E-state index is 11.7. The second-order valence-corrected chi connectivity index (χ2v) is 5.40. The summed E-state index contributed by atoms with van der Waals surface area (Å²) in [6.45, 7) is 4.58. The van der Waals surface area contributed by atoms with Crippen molar-refractivity contribution in [2.75, 3.05) is 53.0 Å². The van der Waals surface area contributed by atoms with E-state index in [1.807, 2.05) is 30.3 Å². The minimum absolute atomic E-state index is 0.0270. The fourth-order valence-corrected chi connectivity index (χ4v) is 2.28. The molecule has 1 amide bonds. The number of likely N-dealkylation sites (N-methyl/N-ethyl adjacent to an activating group) is 1. The van der Waals surface area contributed by atoms with Crippen LogP contribution in [0.5, 0.6) is 5.75 Å². The third-order valence-electron chi connectivity index (χ3n) is 3.44. The first-order valence-electron chi connectivity index (χ1n) is 7.69. The van der Waals surface area contributed by atoms with E-state index in [-0.39, 0.29) is 12.0 Å². The number of para-hydroxylation sites is 1. The number of benzene rings is 1. The van der Waals surface area contributed by atoms with Crippen molar-refractivity contribution < 1.29 is 14.3 Å². The normalized spacial score (nSPS) is 18.9. The Balaban J connectivity index is 1.49. The predicted octanol–water partition coefficient (Wildman–Crippen LogP) is 0.102. The maximum Gasteiger partial charge on any atom is 0.234 e. The molecule has 1 aliphatic heterocycles. The van der Waals surface area contributed by atoms with E-state index in [0.717, 1.165) is 25.4 Å². The third-order valence-corrected chi connectivity index (χ3v) is 3.44. The molecule has 122 valence electrons. The van der Waals surface area contributed by atoms with Crippen molar-refractivity contribution in [3.8, 4) is 5.75 Å². The number of hydrogen-bond donors (Lipinski definition) is 2. The van der Waals surface area contributed by atoms with Gasteiger partial charge in [0.2, 0.25) is 5.91 Å². The summed E-state index contributed by atoms with van der Waals surface area (Å²) in [5.41, 5.74) is 0. The van der Waals surface area contributed by atoms with Gasteiger partial charge < -0.3 is 25.0 Å². The molecule has 1 aliphatic rings. The second kappa shape index (κ2) is 9.40. The molecule has 1 aromatic rings. The summed E-state index contributed by atoms with van der Waals surface area (Å²) in [5.74, 6) is 0.786. The van der Waals surface area contributed by atoms with Crippen molar-refractivity contribution >= 4 is 5.91 Å². The summed E-state index contributed by atoms with van der Waals surface area (Å²) in [6.07, 6.45) is 0.160. The maximum absolute atomic E-state index is 11.7. The fraction of sp³-hybridized carbons (Fsp3) is 0.562. The molecule has 1 saturated heterocycles. The SMILES string of the molecule is CN1CCOC(CNCC(=O)NCCOc2ccccc2)C1. The first kappa shape index (κ1) is 16.7. The first-order valence-corrected chi connectivity index (χ1v) is 7.69. The summed E-state index contributed by atoms with van der Waals surface area (Å²) in [4.78, 5) is 13.9. The Labute approximate surface area is 131 Å². The van der Waals surface area contributed by atoms with Crippen LogP contribution in [-0.2, 0) is 9.53 Å². The van der Waals surface area contributed by atoms with Crippen LogP contribution in [0.3, 0.4) is 0 Å². The molecule has 0 radical (unpaired) electrons. The average molecular weight is 307 g/mol. The highest BCUT2D eigenvalue weighted by atomic mass is 16.5. The molecule has 1 unspecified atom stereocenters. The Morgan fingerprint density at radius 1 is 1.41 bits per heavy atom. The number of nitrogens with zero attached hydrogens (tertiary/aromatic N) is 1. The Hall–Kier alpha value is -1.63. The van der Waals surface area contributed by atoms with E-state index >= 15 is 0 Å². The number of morpholine rings is 1. The molecule has 0 bridgehead atoms. The number of nitrogens with one attached hydrogen (secondary N) is 2. The molecule has 0 spiro atoms. The summed E-state index contributed by atoms with van der Waals surface area (Å²) in [7, 11) is 2.08. The molecule has 0 aliphatic carbocycles. The van der Waals surface area contributed by atoms with Crippen molar-refractivity contribution in [3.63, 3.8) is 0 Å². The molecule has 1 atom stereocenters. The van der Waals surface area contributed by atoms with Crippen LogP contribution in [-0.4, -0.2) is 69.9 Å². The molecular weight excluding hydrogens is 282 g/mol. The van der Waals surface area contributed by atoms with Gasteiger partial charge in [-0.25, -0.2) is 0 Å². The van der Waals surface area contributed by atoms with Crippen molar-refractivity contribution in [2.24, 2.45) is 0 Å². The summed E-state index contributed by atoms with van der Waals surface area (Å²) < 4.78 is 11.1. The predicted molar refractivity (Wildman–Crippen MR) is 85.1 cm³/mol. The van der Waals surface area contributed by atoms with E-state index in [1.165, 1.54) is 0 Å². The molecule has 22 heavy (non-hydrogen) atoms. The lowest BCUT2D eigenvalue weighted by Crippen LogP contribution is -2.46. The molecule has 0 saturated carbocycles. The van der Waals surface area contributed by atoms with Crippen LogP contribution in [0.2, 0.25) is 0 Å². The van der Waals surface area contributed by atoms with Crippen molar-refractivity contribution in [3.05, 3.63) is 30.3 Å². The fourth-order valence-electron chi connectivity index (χ4n) is 2.28. The van der Waals surface area contributed by atoms with Gasteiger partial charge in [-0.05, 0) is 19.2 Å². The van der Waals surface area contributed by atoms with Gasteiger partial charge in [0.15, 0.2) is 0 Å². The minimum atomic E-state index is -0.0270. The summed E-state index contributed by atoms with van der Waals surface area (Å²) >= 11 is 0. The van der Waals surface area contributed by atoms with Gasteiger partial charge in [0.05, 0.1) is 25.8 Å². The zero-order valence-electron chi connectivity index (χ0n) is 13.1. The monoisotopic (exact) mass is 307 g/mol. The molecular formula is C16H25N3O3. The highest BCUT2D eigenvalue weighted by Crippen LogP contribution is 2.07. The molecule has 1 fully saturated rings.